The van der Waals surface area contributed by atoms with Crippen molar-refractivity contribution < 1.29 is 50.0 Å². The molecule has 0 spiro atoms. The highest BCUT2D eigenvalue weighted by Gasteiger charge is 2.63. The SMILES string of the molecule is COC1OC(CO)C(NC2=N[C@@H]3[C@H](O2)[C@@H](O)[C@H](O)[C@]3(O)CO)C(O)C1O. The van der Waals surface area contributed by atoms with E-state index in [1.807, 2.05) is 0 Å². The molecule has 1 saturated carbocycles. The van der Waals surface area contributed by atoms with Crippen molar-refractivity contribution in [2.24, 2.45) is 4.99 Å². The molecule has 0 aromatic rings. The third-order valence-corrected chi connectivity index (χ3v) is 5.16. The minimum absolute atomic E-state index is 0.202. The standard InChI is InChI=1S/C14H24N2O10/c1-24-12-7(20)6(19)5(4(2-17)25-12)15-13-16-10-9(26-13)8(21)11(22)14(10,23)3-18/h4-12,17-23H,2-3H2,1H3,(H,15,16)/t4?,5?,6?,7?,8-,9-,10-,11+,12?,14+/m1/s1. The maximum absolute atomic E-state index is 10.3. The van der Waals surface area contributed by atoms with Crippen LogP contribution in [0.3, 0.4) is 0 Å². The molecule has 8 N–H and O–H groups in total. The largest absolute Gasteiger partial charge is 0.457 e. The smallest absolute Gasteiger partial charge is 0.285 e. The first kappa shape index (κ1) is 19.7. The van der Waals surface area contributed by atoms with E-state index in [1.165, 1.54) is 7.11 Å². The molecule has 0 aromatic heterocycles. The Hall–Kier alpha value is -1.09. The van der Waals surface area contributed by atoms with Gasteiger partial charge in [0.25, 0.3) is 6.02 Å². The van der Waals surface area contributed by atoms with Gasteiger partial charge < -0.3 is 55.3 Å². The number of rotatable bonds is 4. The Morgan fingerprint density at radius 1 is 1.15 bits per heavy atom. The van der Waals surface area contributed by atoms with Gasteiger partial charge in [0.15, 0.2) is 12.4 Å². The van der Waals surface area contributed by atoms with Gasteiger partial charge in [-0.15, -0.1) is 0 Å². The molecular weight excluding hydrogens is 356 g/mol. The molecule has 3 aliphatic rings. The van der Waals surface area contributed by atoms with Gasteiger partial charge >= 0.3 is 0 Å². The van der Waals surface area contributed by atoms with Crippen molar-refractivity contribution >= 4 is 6.02 Å². The first-order valence-electron chi connectivity index (χ1n) is 8.14. The Bertz CT molecular complexity index is 548. The molecule has 2 aliphatic heterocycles. The van der Waals surface area contributed by atoms with Gasteiger partial charge in [0.05, 0.1) is 19.3 Å². The van der Waals surface area contributed by atoms with E-state index in [0.29, 0.717) is 0 Å². The normalized spacial score (nSPS) is 50.9. The quantitative estimate of drug-likeness (QED) is 0.232. The Morgan fingerprint density at radius 3 is 2.42 bits per heavy atom. The number of fused-ring (bicyclic) bond motifs is 1. The summed E-state index contributed by atoms with van der Waals surface area (Å²) in [6, 6.07) is -2.39. The second-order valence-corrected chi connectivity index (χ2v) is 6.66. The maximum Gasteiger partial charge on any atom is 0.285 e. The number of aliphatic hydroxyl groups excluding tert-OH is 6. The van der Waals surface area contributed by atoms with Crippen LogP contribution in [-0.4, -0.2) is 123 Å². The fraction of sp³-hybridized carbons (Fsp3) is 0.929. The lowest BCUT2D eigenvalue weighted by Gasteiger charge is -2.41. The van der Waals surface area contributed by atoms with E-state index in [-0.39, 0.29) is 6.02 Å². The predicted molar refractivity (Wildman–Crippen MR) is 81.8 cm³/mol. The molecule has 1 aliphatic carbocycles. The van der Waals surface area contributed by atoms with Crippen molar-refractivity contribution in [2.45, 2.75) is 60.6 Å². The van der Waals surface area contributed by atoms with Crippen molar-refractivity contribution in [3.8, 4) is 0 Å². The highest BCUT2D eigenvalue weighted by Crippen LogP contribution is 2.38. The van der Waals surface area contributed by atoms with Crippen LogP contribution in [0.25, 0.3) is 0 Å². The second kappa shape index (κ2) is 7.14. The monoisotopic (exact) mass is 380 g/mol. The van der Waals surface area contributed by atoms with Gasteiger partial charge in [-0.05, 0) is 0 Å². The molecule has 0 aromatic carbocycles. The van der Waals surface area contributed by atoms with Crippen molar-refractivity contribution in [3.05, 3.63) is 0 Å². The molecule has 1 saturated heterocycles. The summed E-state index contributed by atoms with van der Waals surface area (Å²) in [6.45, 7) is -1.36. The van der Waals surface area contributed by atoms with Crippen LogP contribution in [0.2, 0.25) is 0 Å². The summed E-state index contributed by atoms with van der Waals surface area (Å²) < 4.78 is 15.6. The zero-order valence-electron chi connectivity index (χ0n) is 13.9. The number of methoxy groups -OCH3 is 1. The van der Waals surface area contributed by atoms with E-state index in [4.69, 9.17) is 14.2 Å². The molecule has 2 fully saturated rings. The average Bonchev–Trinajstić information content (AvgIpc) is 3.14. The molecule has 3 rings (SSSR count). The van der Waals surface area contributed by atoms with Crippen molar-refractivity contribution in [2.75, 3.05) is 20.3 Å². The Balaban J connectivity index is 1.77. The number of hydrogen-bond acceptors (Lipinski definition) is 12. The lowest BCUT2D eigenvalue weighted by Crippen LogP contribution is -2.64. The van der Waals surface area contributed by atoms with Gasteiger partial charge in [-0.25, -0.2) is 4.99 Å². The Morgan fingerprint density at radius 2 is 1.85 bits per heavy atom. The van der Waals surface area contributed by atoms with Crippen LogP contribution in [0.15, 0.2) is 4.99 Å². The lowest BCUT2D eigenvalue weighted by molar-refractivity contribution is -0.270. The highest BCUT2D eigenvalue weighted by atomic mass is 16.7. The number of nitrogens with zero attached hydrogens (tertiary/aromatic N) is 1. The molecule has 26 heavy (non-hydrogen) atoms. The van der Waals surface area contributed by atoms with Crippen LogP contribution >= 0.6 is 0 Å². The zero-order valence-corrected chi connectivity index (χ0v) is 13.9. The molecule has 12 nitrogen and oxygen atoms in total. The third-order valence-electron chi connectivity index (χ3n) is 5.16. The number of nitrogens with one attached hydrogen (secondary N) is 1. The molecule has 10 atom stereocenters. The summed E-state index contributed by atoms with van der Waals surface area (Å²) in [5.41, 5.74) is -2.09. The van der Waals surface area contributed by atoms with E-state index in [0.717, 1.165) is 0 Å². The molecule has 2 heterocycles. The fourth-order valence-corrected chi connectivity index (χ4v) is 3.59. The summed E-state index contributed by atoms with van der Waals surface area (Å²) in [5, 5.41) is 72.0. The molecule has 5 unspecified atom stereocenters. The molecule has 12 heteroatoms. The number of aliphatic imine (C=N–C) groups is 1. The van der Waals surface area contributed by atoms with Crippen LogP contribution in [0.1, 0.15) is 0 Å². The summed E-state index contributed by atoms with van der Waals surface area (Å²) in [6.07, 6.45) is -9.19. The predicted octanol–water partition coefficient (Wildman–Crippen LogP) is -5.39. The van der Waals surface area contributed by atoms with Crippen LogP contribution < -0.4 is 5.32 Å². The van der Waals surface area contributed by atoms with Gasteiger partial charge in [0.1, 0.15) is 42.2 Å². The van der Waals surface area contributed by atoms with Crippen molar-refractivity contribution in [1.82, 2.24) is 5.32 Å². The fourth-order valence-electron chi connectivity index (χ4n) is 3.59. The molecular formula is C14H24N2O10. The first-order valence-corrected chi connectivity index (χ1v) is 8.14. The van der Waals surface area contributed by atoms with E-state index in [2.05, 4.69) is 10.3 Å². The van der Waals surface area contributed by atoms with Crippen LogP contribution in [0.4, 0.5) is 0 Å². The molecule has 0 radical (unpaired) electrons. The minimum Gasteiger partial charge on any atom is -0.457 e. The van der Waals surface area contributed by atoms with E-state index in [1.54, 1.807) is 0 Å². The molecule has 0 amide bonds. The van der Waals surface area contributed by atoms with Gasteiger partial charge in [0.2, 0.25) is 0 Å². The maximum atomic E-state index is 10.3. The minimum atomic E-state index is -2.09. The van der Waals surface area contributed by atoms with Crippen LogP contribution in [-0.2, 0) is 14.2 Å². The van der Waals surface area contributed by atoms with E-state index >= 15 is 0 Å². The van der Waals surface area contributed by atoms with Crippen LogP contribution in [0, 0.1) is 0 Å². The van der Waals surface area contributed by atoms with Crippen molar-refractivity contribution in [1.29, 1.82) is 0 Å². The summed E-state index contributed by atoms with van der Waals surface area (Å²) >= 11 is 0. The van der Waals surface area contributed by atoms with E-state index in [9.17, 15) is 35.7 Å². The number of ether oxygens (including phenoxy) is 3. The zero-order chi connectivity index (χ0) is 19.2. The second-order valence-electron chi connectivity index (χ2n) is 6.66. The molecule has 0 bridgehead atoms. The molecule has 150 valence electrons. The average molecular weight is 380 g/mol. The topological polar surface area (TPSA) is 194 Å². The Labute approximate surface area is 148 Å². The van der Waals surface area contributed by atoms with Gasteiger partial charge in [-0.3, -0.25) is 0 Å². The summed E-state index contributed by atoms with van der Waals surface area (Å²) in [5.74, 6) is 0. The summed E-state index contributed by atoms with van der Waals surface area (Å²) in [4.78, 5) is 4.03. The lowest BCUT2D eigenvalue weighted by atomic mass is 9.96. The van der Waals surface area contributed by atoms with Crippen LogP contribution in [0.5, 0.6) is 0 Å². The summed E-state index contributed by atoms with van der Waals surface area (Å²) in [7, 11) is 1.27. The third kappa shape index (κ3) is 2.87. The first-order chi connectivity index (χ1) is 12.3. The number of aliphatic hydroxyl groups is 7. The van der Waals surface area contributed by atoms with Crippen molar-refractivity contribution in [3.63, 3.8) is 0 Å². The number of hydrogen-bond donors (Lipinski definition) is 8. The van der Waals surface area contributed by atoms with E-state index < -0.39 is 73.8 Å². The number of amidine groups is 1. The van der Waals surface area contributed by atoms with Gasteiger partial charge in [-0.2, -0.15) is 0 Å². The highest BCUT2D eigenvalue weighted by molar-refractivity contribution is 5.77. The Kier molecular flexibility index (Phi) is 5.40. The van der Waals surface area contributed by atoms with Gasteiger partial charge in [0, 0.05) is 7.11 Å². The van der Waals surface area contributed by atoms with Gasteiger partial charge in [-0.1, -0.05) is 0 Å².